The molecule has 0 unspecified atom stereocenters. The zero-order chi connectivity index (χ0) is 15.8. The van der Waals surface area contributed by atoms with Crippen LogP contribution in [0.3, 0.4) is 0 Å². The molecule has 0 atom stereocenters. The van der Waals surface area contributed by atoms with Gasteiger partial charge >= 0.3 is 5.97 Å². The van der Waals surface area contributed by atoms with Crippen LogP contribution in [0.5, 0.6) is 0 Å². The third kappa shape index (κ3) is 13.9. The Morgan fingerprint density at radius 2 is 1.38 bits per heavy atom. The Kier molecular flexibility index (Phi) is 15.0. The van der Waals surface area contributed by atoms with Gasteiger partial charge in [-0.2, -0.15) is 0 Å². The van der Waals surface area contributed by atoms with E-state index in [1.165, 1.54) is 83.1 Å². The molecule has 2 heteroatoms. The predicted octanol–water partition coefficient (Wildman–Crippen LogP) is 6.05. The molecular formula is C19H36O2. The van der Waals surface area contributed by atoms with Gasteiger partial charge in [0.25, 0.3) is 0 Å². The summed E-state index contributed by atoms with van der Waals surface area (Å²) < 4.78 is 5.25. The Hall–Kier alpha value is -0.790. The van der Waals surface area contributed by atoms with Crippen LogP contribution in [0.15, 0.2) is 12.7 Å². The molecule has 0 radical (unpaired) electrons. The van der Waals surface area contributed by atoms with Crippen LogP contribution >= 0.6 is 0 Å². The lowest BCUT2D eigenvalue weighted by Crippen LogP contribution is -2.13. The molecule has 2 nitrogen and oxygen atoms in total. The summed E-state index contributed by atoms with van der Waals surface area (Å²) in [6.45, 7) is 8.52. The lowest BCUT2D eigenvalue weighted by atomic mass is 9.95. The van der Waals surface area contributed by atoms with Crippen LogP contribution in [-0.2, 0) is 9.53 Å². The van der Waals surface area contributed by atoms with Crippen molar-refractivity contribution in [2.45, 2.75) is 90.9 Å². The molecule has 0 saturated carbocycles. The van der Waals surface area contributed by atoms with Crippen molar-refractivity contribution in [2.75, 3.05) is 6.61 Å². The van der Waals surface area contributed by atoms with Gasteiger partial charge in [0.05, 0.1) is 6.61 Å². The van der Waals surface area contributed by atoms with Gasteiger partial charge < -0.3 is 4.74 Å². The van der Waals surface area contributed by atoms with Gasteiger partial charge in [0, 0.05) is 6.08 Å². The minimum atomic E-state index is -0.281. The fourth-order valence-electron chi connectivity index (χ4n) is 2.64. The third-order valence-electron chi connectivity index (χ3n) is 4.06. The first kappa shape index (κ1) is 20.2. The molecule has 0 bridgehead atoms. The molecular weight excluding hydrogens is 260 g/mol. The van der Waals surface area contributed by atoms with Crippen molar-refractivity contribution in [3.8, 4) is 0 Å². The molecule has 0 rings (SSSR count). The average Bonchev–Trinajstić information content (AvgIpc) is 2.50. The van der Waals surface area contributed by atoms with Gasteiger partial charge in [-0.25, -0.2) is 4.79 Å². The van der Waals surface area contributed by atoms with E-state index in [2.05, 4.69) is 20.4 Å². The SMILES string of the molecule is C=CC(=O)OCC(CCCCCCC)CCCCCCC. The zero-order valence-corrected chi connectivity index (χ0v) is 14.4. The largest absolute Gasteiger partial charge is 0.462 e. The maximum atomic E-state index is 11.2. The summed E-state index contributed by atoms with van der Waals surface area (Å²) in [7, 11) is 0. The van der Waals surface area contributed by atoms with Gasteiger partial charge in [0.15, 0.2) is 0 Å². The molecule has 0 aliphatic carbocycles. The lowest BCUT2D eigenvalue weighted by molar-refractivity contribution is -0.139. The van der Waals surface area contributed by atoms with E-state index in [-0.39, 0.29) is 5.97 Å². The van der Waals surface area contributed by atoms with E-state index < -0.39 is 0 Å². The van der Waals surface area contributed by atoms with Crippen molar-refractivity contribution >= 4 is 5.97 Å². The van der Waals surface area contributed by atoms with E-state index in [0.717, 1.165) is 0 Å². The summed E-state index contributed by atoms with van der Waals surface area (Å²) in [6.07, 6.45) is 16.8. The highest BCUT2D eigenvalue weighted by Crippen LogP contribution is 2.19. The Morgan fingerprint density at radius 1 is 0.905 bits per heavy atom. The molecule has 0 heterocycles. The van der Waals surface area contributed by atoms with E-state index in [0.29, 0.717) is 12.5 Å². The molecule has 0 aromatic carbocycles. The zero-order valence-electron chi connectivity index (χ0n) is 14.4. The van der Waals surface area contributed by atoms with Crippen molar-refractivity contribution < 1.29 is 9.53 Å². The summed E-state index contributed by atoms with van der Waals surface area (Å²) in [6, 6.07) is 0. The number of ether oxygens (including phenoxy) is 1. The standard InChI is InChI=1S/C19H36O2/c1-4-7-9-11-13-15-18(17-21-19(20)6-3)16-14-12-10-8-5-2/h6,18H,3-5,7-17H2,1-2H3. The van der Waals surface area contributed by atoms with E-state index >= 15 is 0 Å². The van der Waals surface area contributed by atoms with Crippen molar-refractivity contribution in [2.24, 2.45) is 5.92 Å². The molecule has 0 aliphatic heterocycles. The van der Waals surface area contributed by atoms with Gasteiger partial charge in [-0.15, -0.1) is 0 Å². The third-order valence-corrected chi connectivity index (χ3v) is 4.06. The van der Waals surface area contributed by atoms with Crippen LogP contribution in [0.4, 0.5) is 0 Å². The molecule has 0 fully saturated rings. The molecule has 124 valence electrons. The maximum absolute atomic E-state index is 11.2. The predicted molar refractivity (Wildman–Crippen MR) is 91.4 cm³/mol. The summed E-state index contributed by atoms with van der Waals surface area (Å²) in [5.41, 5.74) is 0. The number of esters is 1. The first-order valence-corrected chi connectivity index (χ1v) is 9.03. The number of unbranched alkanes of at least 4 members (excludes halogenated alkanes) is 8. The number of hydrogen-bond acceptors (Lipinski definition) is 2. The lowest BCUT2D eigenvalue weighted by Gasteiger charge is -2.16. The minimum Gasteiger partial charge on any atom is -0.462 e. The van der Waals surface area contributed by atoms with Crippen molar-refractivity contribution in [3.63, 3.8) is 0 Å². The van der Waals surface area contributed by atoms with E-state index in [4.69, 9.17) is 4.74 Å². The highest BCUT2D eigenvalue weighted by Gasteiger charge is 2.10. The number of rotatable bonds is 15. The van der Waals surface area contributed by atoms with Gasteiger partial charge in [-0.1, -0.05) is 84.6 Å². The molecule has 0 saturated heterocycles. The second-order valence-corrected chi connectivity index (χ2v) is 6.11. The van der Waals surface area contributed by atoms with Crippen LogP contribution in [0, 0.1) is 5.92 Å². The first-order valence-electron chi connectivity index (χ1n) is 9.03. The van der Waals surface area contributed by atoms with E-state index in [9.17, 15) is 4.79 Å². The smallest absolute Gasteiger partial charge is 0.330 e. The number of carbonyl (C=O) groups excluding carboxylic acids is 1. The molecule has 0 amide bonds. The van der Waals surface area contributed by atoms with E-state index in [1.54, 1.807) is 0 Å². The van der Waals surface area contributed by atoms with Crippen LogP contribution < -0.4 is 0 Å². The molecule has 0 aromatic rings. The maximum Gasteiger partial charge on any atom is 0.330 e. The Labute approximate surface area is 132 Å². The normalized spacial score (nSPS) is 10.8. The number of hydrogen-bond donors (Lipinski definition) is 0. The molecule has 0 aliphatic rings. The number of carbonyl (C=O) groups is 1. The molecule has 0 spiro atoms. The van der Waals surface area contributed by atoms with Gasteiger partial charge in [0.1, 0.15) is 0 Å². The van der Waals surface area contributed by atoms with Crippen molar-refractivity contribution in [1.29, 1.82) is 0 Å². The van der Waals surface area contributed by atoms with Gasteiger partial charge in [0.2, 0.25) is 0 Å². The first-order chi connectivity index (χ1) is 10.2. The Morgan fingerprint density at radius 3 is 1.81 bits per heavy atom. The minimum absolute atomic E-state index is 0.281. The Balaban J connectivity index is 3.85. The van der Waals surface area contributed by atoms with Crippen molar-refractivity contribution in [3.05, 3.63) is 12.7 Å². The van der Waals surface area contributed by atoms with Crippen LogP contribution in [-0.4, -0.2) is 12.6 Å². The summed E-state index contributed by atoms with van der Waals surface area (Å²) >= 11 is 0. The Bertz CT molecular complexity index is 234. The molecule has 0 N–H and O–H groups in total. The summed E-state index contributed by atoms with van der Waals surface area (Å²) in [5, 5.41) is 0. The van der Waals surface area contributed by atoms with E-state index in [1.807, 2.05) is 0 Å². The highest BCUT2D eigenvalue weighted by molar-refractivity contribution is 5.81. The molecule has 0 aromatic heterocycles. The van der Waals surface area contributed by atoms with Gasteiger partial charge in [-0.3, -0.25) is 0 Å². The van der Waals surface area contributed by atoms with Crippen LogP contribution in [0.1, 0.15) is 90.9 Å². The fourth-order valence-corrected chi connectivity index (χ4v) is 2.64. The quantitative estimate of drug-likeness (QED) is 0.209. The summed E-state index contributed by atoms with van der Waals surface area (Å²) in [4.78, 5) is 11.2. The second kappa shape index (κ2) is 15.6. The fraction of sp³-hybridized carbons (Fsp3) is 0.842. The topological polar surface area (TPSA) is 26.3 Å². The second-order valence-electron chi connectivity index (χ2n) is 6.11. The van der Waals surface area contributed by atoms with Gasteiger partial charge in [-0.05, 0) is 18.8 Å². The average molecular weight is 296 g/mol. The summed E-state index contributed by atoms with van der Waals surface area (Å²) in [5.74, 6) is 0.258. The van der Waals surface area contributed by atoms with Crippen LogP contribution in [0.2, 0.25) is 0 Å². The molecule has 21 heavy (non-hydrogen) atoms. The van der Waals surface area contributed by atoms with Crippen LogP contribution in [0.25, 0.3) is 0 Å². The highest BCUT2D eigenvalue weighted by atomic mass is 16.5. The van der Waals surface area contributed by atoms with Crippen molar-refractivity contribution in [1.82, 2.24) is 0 Å². The monoisotopic (exact) mass is 296 g/mol.